The molecule has 0 fully saturated rings. The first-order valence-corrected chi connectivity index (χ1v) is 10.5. The summed E-state index contributed by atoms with van der Waals surface area (Å²) < 4.78 is 5.78. The number of nitrogens with zero attached hydrogens (tertiary/aromatic N) is 1. The van der Waals surface area contributed by atoms with Crippen molar-refractivity contribution in [3.63, 3.8) is 0 Å². The fraction of sp³-hybridized carbons (Fsp3) is 0.391. The van der Waals surface area contributed by atoms with Crippen molar-refractivity contribution in [1.82, 2.24) is 0 Å². The molecule has 0 aliphatic carbocycles. The second-order valence-corrected chi connectivity index (χ2v) is 7.32. The maximum Gasteiger partial charge on any atom is 0.335 e. The maximum absolute atomic E-state index is 11.0. The molecule has 0 aliphatic heterocycles. The Labute approximate surface area is 177 Å². The minimum absolute atomic E-state index is 0.200. The van der Waals surface area contributed by atoms with Gasteiger partial charge in [-0.1, -0.05) is 63.1 Å². The zero-order valence-electron chi connectivity index (χ0n) is 16.9. The average molecular weight is 417 g/mol. The molecule has 0 heterocycles. The van der Waals surface area contributed by atoms with E-state index in [4.69, 9.17) is 21.4 Å². The molecule has 0 spiro atoms. The second-order valence-electron chi connectivity index (χ2n) is 6.91. The molecular formula is C23H29ClN2O3. The molecule has 0 bridgehead atoms. The number of carboxylic acid groups (broad SMARTS) is 1. The van der Waals surface area contributed by atoms with E-state index in [1.165, 1.54) is 50.7 Å². The number of carbonyl (C=O) groups is 1. The summed E-state index contributed by atoms with van der Waals surface area (Å²) in [5.41, 5.74) is 4.35. The summed E-state index contributed by atoms with van der Waals surface area (Å²) in [7, 11) is 0. The largest absolute Gasteiger partial charge is 0.494 e. The molecule has 0 saturated carbocycles. The smallest absolute Gasteiger partial charge is 0.335 e. The molecule has 6 heteroatoms. The number of rotatable bonds is 13. The van der Waals surface area contributed by atoms with Gasteiger partial charge in [0.05, 0.1) is 29.1 Å². The van der Waals surface area contributed by atoms with Gasteiger partial charge in [0.15, 0.2) is 0 Å². The second kappa shape index (κ2) is 12.8. The summed E-state index contributed by atoms with van der Waals surface area (Å²) in [5, 5.41) is 13.7. The number of carboxylic acids is 1. The van der Waals surface area contributed by atoms with E-state index in [2.05, 4.69) is 17.5 Å². The van der Waals surface area contributed by atoms with Crippen LogP contribution in [0.25, 0.3) is 0 Å². The van der Waals surface area contributed by atoms with E-state index < -0.39 is 5.97 Å². The Bertz CT molecular complexity index is 808. The third kappa shape index (κ3) is 8.57. The lowest BCUT2D eigenvalue weighted by molar-refractivity contribution is 0.0697. The third-order valence-corrected chi connectivity index (χ3v) is 4.82. The zero-order valence-corrected chi connectivity index (χ0v) is 17.6. The third-order valence-electron chi connectivity index (χ3n) is 4.50. The molecule has 0 amide bonds. The van der Waals surface area contributed by atoms with Gasteiger partial charge in [-0.3, -0.25) is 5.43 Å². The van der Waals surface area contributed by atoms with Crippen LogP contribution in [0.5, 0.6) is 5.75 Å². The Balaban J connectivity index is 1.76. The van der Waals surface area contributed by atoms with Crippen LogP contribution in [0.15, 0.2) is 47.6 Å². The molecule has 2 N–H and O–H groups in total. The first-order valence-electron chi connectivity index (χ1n) is 10.1. The van der Waals surface area contributed by atoms with Gasteiger partial charge >= 0.3 is 5.97 Å². The van der Waals surface area contributed by atoms with Gasteiger partial charge < -0.3 is 9.84 Å². The zero-order chi connectivity index (χ0) is 20.9. The number of benzene rings is 2. The van der Waals surface area contributed by atoms with Crippen LogP contribution in [0.1, 0.15) is 67.8 Å². The van der Waals surface area contributed by atoms with Gasteiger partial charge in [0.1, 0.15) is 5.75 Å². The van der Waals surface area contributed by atoms with Crippen molar-refractivity contribution in [3.05, 3.63) is 58.6 Å². The minimum Gasteiger partial charge on any atom is -0.494 e. The lowest BCUT2D eigenvalue weighted by Crippen LogP contribution is -1.99. The van der Waals surface area contributed by atoms with Gasteiger partial charge in [-0.15, -0.1) is 0 Å². The molecule has 0 aromatic heterocycles. The van der Waals surface area contributed by atoms with Crippen molar-refractivity contribution >= 4 is 29.5 Å². The van der Waals surface area contributed by atoms with Crippen LogP contribution in [0.2, 0.25) is 5.02 Å². The topological polar surface area (TPSA) is 70.9 Å². The number of hydrazone groups is 1. The molecule has 0 aliphatic rings. The summed E-state index contributed by atoms with van der Waals surface area (Å²) in [6.07, 6.45) is 10.3. The number of aromatic carboxylic acids is 1. The molecule has 156 valence electrons. The van der Waals surface area contributed by atoms with Crippen molar-refractivity contribution in [3.8, 4) is 5.75 Å². The Morgan fingerprint density at radius 1 is 1.10 bits per heavy atom. The maximum atomic E-state index is 11.0. The fourth-order valence-electron chi connectivity index (χ4n) is 2.85. The van der Waals surface area contributed by atoms with E-state index in [9.17, 15) is 4.79 Å². The van der Waals surface area contributed by atoms with Crippen molar-refractivity contribution in [1.29, 1.82) is 0 Å². The van der Waals surface area contributed by atoms with Gasteiger partial charge in [-0.25, -0.2) is 4.79 Å². The molecule has 0 atom stereocenters. The predicted molar refractivity (Wildman–Crippen MR) is 120 cm³/mol. The van der Waals surface area contributed by atoms with Crippen LogP contribution in [0.4, 0.5) is 5.69 Å². The van der Waals surface area contributed by atoms with E-state index >= 15 is 0 Å². The first-order chi connectivity index (χ1) is 14.1. The van der Waals surface area contributed by atoms with E-state index in [1.807, 2.05) is 12.1 Å². The molecule has 2 rings (SSSR count). The Morgan fingerprint density at radius 2 is 1.86 bits per heavy atom. The number of halogens is 1. The highest BCUT2D eigenvalue weighted by atomic mass is 35.5. The summed E-state index contributed by atoms with van der Waals surface area (Å²) in [4.78, 5) is 11.0. The molecule has 0 saturated heterocycles. The van der Waals surface area contributed by atoms with Crippen LogP contribution >= 0.6 is 11.6 Å². The average Bonchev–Trinajstić information content (AvgIpc) is 2.71. The van der Waals surface area contributed by atoms with Crippen molar-refractivity contribution in [2.24, 2.45) is 5.10 Å². The van der Waals surface area contributed by atoms with Gasteiger partial charge in [0, 0.05) is 5.56 Å². The molecule has 0 unspecified atom stereocenters. The predicted octanol–water partition coefficient (Wildman–Crippen LogP) is 6.61. The van der Waals surface area contributed by atoms with Gasteiger partial charge in [-0.2, -0.15) is 5.10 Å². The highest BCUT2D eigenvalue weighted by Gasteiger charge is 2.03. The van der Waals surface area contributed by atoms with Crippen LogP contribution in [0, 0.1) is 0 Å². The normalized spacial score (nSPS) is 11.0. The SMILES string of the molecule is CCCCCCCCCOc1ccc(/C=N/Nc2cccc(C(=O)O)c2)c(Cl)c1. The van der Waals surface area contributed by atoms with Gasteiger partial charge in [0.2, 0.25) is 0 Å². The number of unbranched alkanes of at least 4 members (excludes halogenated alkanes) is 6. The molecule has 0 radical (unpaired) electrons. The molecule has 29 heavy (non-hydrogen) atoms. The van der Waals surface area contributed by atoms with Crippen molar-refractivity contribution < 1.29 is 14.6 Å². The molecule has 5 nitrogen and oxygen atoms in total. The quantitative estimate of drug-likeness (QED) is 0.219. The van der Waals surface area contributed by atoms with Crippen molar-refractivity contribution in [2.75, 3.05) is 12.0 Å². The van der Waals surface area contributed by atoms with Crippen LogP contribution < -0.4 is 10.2 Å². The fourth-order valence-corrected chi connectivity index (χ4v) is 3.07. The first kappa shape index (κ1) is 22.8. The molecular weight excluding hydrogens is 388 g/mol. The lowest BCUT2D eigenvalue weighted by Gasteiger charge is -2.08. The van der Waals surface area contributed by atoms with E-state index in [0.717, 1.165) is 17.7 Å². The van der Waals surface area contributed by atoms with Crippen LogP contribution in [0.3, 0.4) is 0 Å². The highest BCUT2D eigenvalue weighted by molar-refractivity contribution is 6.33. The van der Waals surface area contributed by atoms with Crippen LogP contribution in [-0.4, -0.2) is 23.9 Å². The van der Waals surface area contributed by atoms with E-state index in [0.29, 0.717) is 17.3 Å². The summed E-state index contributed by atoms with van der Waals surface area (Å²) in [6, 6.07) is 12.0. The summed E-state index contributed by atoms with van der Waals surface area (Å²) in [5.74, 6) is -0.229. The number of nitrogens with one attached hydrogen (secondary N) is 1. The number of ether oxygens (including phenoxy) is 1. The van der Waals surface area contributed by atoms with Gasteiger partial charge in [-0.05, 0) is 42.8 Å². The monoisotopic (exact) mass is 416 g/mol. The number of anilines is 1. The summed E-state index contributed by atoms with van der Waals surface area (Å²) in [6.45, 7) is 2.92. The Kier molecular flexibility index (Phi) is 10.1. The lowest BCUT2D eigenvalue weighted by atomic mass is 10.1. The number of hydrogen-bond acceptors (Lipinski definition) is 4. The minimum atomic E-state index is -0.979. The van der Waals surface area contributed by atoms with Gasteiger partial charge in [0.25, 0.3) is 0 Å². The van der Waals surface area contributed by atoms with E-state index in [1.54, 1.807) is 24.4 Å². The molecule has 2 aromatic rings. The Hall–Kier alpha value is -2.53. The Morgan fingerprint density at radius 3 is 2.59 bits per heavy atom. The van der Waals surface area contributed by atoms with Crippen LogP contribution in [-0.2, 0) is 0 Å². The highest BCUT2D eigenvalue weighted by Crippen LogP contribution is 2.22. The van der Waals surface area contributed by atoms with E-state index in [-0.39, 0.29) is 5.56 Å². The van der Waals surface area contributed by atoms with Crippen molar-refractivity contribution in [2.45, 2.75) is 51.9 Å². The number of hydrogen-bond donors (Lipinski definition) is 2. The standard InChI is InChI=1S/C23H29ClN2O3/c1-2-3-4-5-6-7-8-14-29-21-13-12-19(22(24)16-21)17-25-26-20-11-9-10-18(15-20)23(27)28/h9-13,15-17,26H,2-8,14H2,1H3,(H,27,28)/b25-17+. The molecule has 2 aromatic carbocycles. The summed E-state index contributed by atoms with van der Waals surface area (Å²) >= 11 is 6.31.